The smallest absolute Gasteiger partial charge is 0.223 e. The van der Waals surface area contributed by atoms with E-state index in [4.69, 9.17) is 16.7 Å². The number of benzene rings is 2. The fraction of sp³-hybridized carbons (Fsp3) is 0.333. The van der Waals surface area contributed by atoms with Crippen LogP contribution in [0.15, 0.2) is 60.8 Å². The highest BCUT2D eigenvalue weighted by Crippen LogP contribution is 2.33. The maximum Gasteiger partial charge on any atom is 0.223 e. The van der Waals surface area contributed by atoms with Crippen molar-refractivity contribution in [3.63, 3.8) is 0 Å². The first-order valence-corrected chi connectivity index (χ1v) is 11.9. The van der Waals surface area contributed by atoms with E-state index in [2.05, 4.69) is 24.0 Å². The van der Waals surface area contributed by atoms with E-state index >= 15 is 0 Å². The topological polar surface area (TPSA) is 38.1 Å². The summed E-state index contributed by atoms with van der Waals surface area (Å²) in [6.07, 6.45) is 5.37. The molecular weight excluding hydrogens is 414 g/mol. The van der Waals surface area contributed by atoms with Crippen LogP contribution in [-0.4, -0.2) is 38.3 Å². The Hall–Kier alpha value is -2.24. The zero-order chi connectivity index (χ0) is 20.9. The Morgan fingerprint density at radius 3 is 2.67 bits per heavy atom. The number of nitrogens with zero attached hydrogens (tertiary/aromatic N) is 3. The van der Waals surface area contributed by atoms with Crippen LogP contribution in [0.3, 0.4) is 0 Å². The molecule has 1 amide bonds. The molecule has 1 aliphatic heterocycles. The van der Waals surface area contributed by atoms with Crippen LogP contribution >= 0.6 is 23.4 Å². The van der Waals surface area contributed by atoms with Gasteiger partial charge in [-0.2, -0.15) is 5.10 Å². The van der Waals surface area contributed by atoms with Gasteiger partial charge in [0.25, 0.3) is 0 Å². The quantitative estimate of drug-likeness (QED) is 0.465. The molecule has 30 heavy (non-hydrogen) atoms. The van der Waals surface area contributed by atoms with E-state index in [-0.39, 0.29) is 11.3 Å². The number of hydrogen-bond donors (Lipinski definition) is 0. The van der Waals surface area contributed by atoms with Gasteiger partial charge in [-0.05, 0) is 30.7 Å². The molecule has 0 bridgehead atoms. The van der Waals surface area contributed by atoms with Crippen LogP contribution in [0.5, 0.6) is 0 Å². The van der Waals surface area contributed by atoms with Gasteiger partial charge in [0.1, 0.15) is 0 Å². The van der Waals surface area contributed by atoms with Crippen molar-refractivity contribution >= 4 is 29.3 Å². The molecule has 1 aliphatic rings. The monoisotopic (exact) mass is 439 g/mol. The summed E-state index contributed by atoms with van der Waals surface area (Å²) in [4.78, 5) is 14.8. The molecule has 1 atom stereocenters. The molecule has 0 aliphatic carbocycles. The van der Waals surface area contributed by atoms with Crippen LogP contribution < -0.4 is 0 Å². The molecule has 3 aromatic rings. The Kier molecular flexibility index (Phi) is 6.80. The summed E-state index contributed by atoms with van der Waals surface area (Å²) in [6.45, 7) is 2.96. The minimum atomic E-state index is 0.161. The van der Waals surface area contributed by atoms with Gasteiger partial charge in [-0.1, -0.05) is 55.3 Å². The van der Waals surface area contributed by atoms with Gasteiger partial charge in [-0.25, -0.2) is 4.68 Å². The fourth-order valence-corrected chi connectivity index (χ4v) is 5.25. The predicted molar refractivity (Wildman–Crippen MR) is 125 cm³/mol. The lowest BCUT2D eigenvalue weighted by atomic mass is 10.0. The molecule has 4 rings (SSSR count). The molecule has 0 radical (unpaired) electrons. The third-order valence-corrected chi connectivity index (χ3v) is 6.89. The van der Waals surface area contributed by atoms with E-state index in [0.29, 0.717) is 11.4 Å². The van der Waals surface area contributed by atoms with Crippen molar-refractivity contribution < 1.29 is 4.79 Å². The number of unbranched alkanes of at least 4 members (excludes halogenated alkanes) is 1. The first-order valence-electron chi connectivity index (χ1n) is 10.5. The summed E-state index contributed by atoms with van der Waals surface area (Å²) >= 11 is 8.00. The maximum absolute atomic E-state index is 12.7. The lowest BCUT2D eigenvalue weighted by Gasteiger charge is -2.24. The van der Waals surface area contributed by atoms with Crippen molar-refractivity contribution in [3.05, 3.63) is 71.4 Å². The van der Waals surface area contributed by atoms with Gasteiger partial charge in [0.2, 0.25) is 5.91 Å². The van der Waals surface area contributed by atoms with Crippen LogP contribution in [0.1, 0.15) is 31.7 Å². The Morgan fingerprint density at radius 2 is 1.93 bits per heavy atom. The Bertz CT molecular complexity index is 987. The average Bonchev–Trinajstić information content (AvgIpc) is 3.41. The summed E-state index contributed by atoms with van der Waals surface area (Å²) in [6, 6.07) is 18.0. The van der Waals surface area contributed by atoms with Gasteiger partial charge in [0.15, 0.2) is 0 Å². The number of carbonyl (C=O) groups excluding carboxylic acids is 1. The molecular formula is C24H26ClN3OS. The van der Waals surface area contributed by atoms with Crippen molar-refractivity contribution in [2.75, 3.05) is 12.3 Å². The van der Waals surface area contributed by atoms with E-state index < -0.39 is 0 Å². The molecule has 0 spiro atoms. The highest BCUT2D eigenvalue weighted by Gasteiger charge is 2.30. The van der Waals surface area contributed by atoms with Gasteiger partial charge < -0.3 is 4.90 Å². The zero-order valence-electron chi connectivity index (χ0n) is 17.1. The van der Waals surface area contributed by atoms with Crippen LogP contribution in [0, 0.1) is 0 Å². The predicted octanol–water partition coefficient (Wildman–Crippen LogP) is 5.83. The van der Waals surface area contributed by atoms with Gasteiger partial charge >= 0.3 is 0 Å². The maximum atomic E-state index is 12.7. The Labute approximate surface area is 187 Å². The van der Waals surface area contributed by atoms with Crippen LogP contribution in [0.2, 0.25) is 5.02 Å². The van der Waals surface area contributed by atoms with Crippen molar-refractivity contribution in [1.29, 1.82) is 0 Å². The first-order chi connectivity index (χ1) is 14.7. The second kappa shape index (κ2) is 9.71. The fourth-order valence-electron chi connectivity index (χ4n) is 3.85. The standard InChI is InChI=1S/C24H26ClN3OS/c1-2-3-9-22(29)27-14-15-30-23(27)16-19-17-26-28(21-7-5-4-6-8-21)24(19)18-10-12-20(25)13-11-18/h4-8,10-13,17,23H,2-3,9,14-16H2,1H3. The SMILES string of the molecule is CCCCC(=O)N1CCSC1Cc1cnn(-c2ccccc2)c1-c1ccc(Cl)cc1. The van der Waals surface area contributed by atoms with E-state index in [0.717, 1.165) is 54.1 Å². The second-order valence-corrected chi connectivity index (χ2v) is 9.22. The normalized spacial score (nSPS) is 16.2. The third kappa shape index (κ3) is 4.57. The average molecular weight is 440 g/mol. The largest absolute Gasteiger partial charge is 0.330 e. The molecule has 6 heteroatoms. The third-order valence-electron chi connectivity index (χ3n) is 5.41. The molecule has 1 unspecified atom stereocenters. The minimum absolute atomic E-state index is 0.161. The number of aromatic nitrogens is 2. The van der Waals surface area contributed by atoms with Gasteiger partial charge in [0.05, 0.1) is 23.0 Å². The van der Waals surface area contributed by atoms with Crippen LogP contribution in [0.4, 0.5) is 0 Å². The number of para-hydroxylation sites is 1. The van der Waals surface area contributed by atoms with Crippen molar-refractivity contribution in [2.24, 2.45) is 0 Å². The summed E-state index contributed by atoms with van der Waals surface area (Å²) < 4.78 is 1.99. The van der Waals surface area contributed by atoms with Crippen molar-refractivity contribution in [1.82, 2.24) is 14.7 Å². The van der Waals surface area contributed by atoms with E-state index in [9.17, 15) is 4.79 Å². The number of rotatable bonds is 7. The Balaban J connectivity index is 1.67. The van der Waals surface area contributed by atoms with Crippen molar-refractivity contribution in [2.45, 2.75) is 38.0 Å². The lowest BCUT2D eigenvalue weighted by molar-refractivity contribution is -0.131. The van der Waals surface area contributed by atoms with Gasteiger partial charge in [0, 0.05) is 41.3 Å². The summed E-state index contributed by atoms with van der Waals surface area (Å²) in [5, 5.41) is 5.59. The number of halogens is 1. The Morgan fingerprint density at radius 1 is 1.17 bits per heavy atom. The summed E-state index contributed by atoms with van der Waals surface area (Å²) in [5.74, 6) is 1.27. The molecule has 2 heterocycles. The molecule has 1 aromatic heterocycles. The molecule has 1 fully saturated rings. The van der Waals surface area contributed by atoms with Gasteiger partial charge in [-0.15, -0.1) is 11.8 Å². The first kappa shape index (κ1) is 21.0. The molecule has 0 N–H and O–H groups in total. The van der Waals surface area contributed by atoms with Crippen LogP contribution in [0.25, 0.3) is 16.9 Å². The number of thioether (sulfide) groups is 1. The number of carbonyl (C=O) groups is 1. The highest BCUT2D eigenvalue weighted by atomic mass is 35.5. The summed E-state index contributed by atoms with van der Waals surface area (Å²) in [7, 11) is 0. The molecule has 1 saturated heterocycles. The lowest BCUT2D eigenvalue weighted by Crippen LogP contribution is -2.35. The zero-order valence-corrected chi connectivity index (χ0v) is 18.7. The van der Waals surface area contributed by atoms with Crippen molar-refractivity contribution in [3.8, 4) is 16.9 Å². The van der Waals surface area contributed by atoms with Crippen LogP contribution in [-0.2, 0) is 11.2 Å². The second-order valence-electron chi connectivity index (χ2n) is 7.49. The highest BCUT2D eigenvalue weighted by molar-refractivity contribution is 8.00. The van der Waals surface area contributed by atoms with E-state index in [1.165, 1.54) is 0 Å². The number of amides is 1. The molecule has 156 valence electrons. The van der Waals surface area contributed by atoms with Gasteiger partial charge in [-0.3, -0.25) is 4.79 Å². The summed E-state index contributed by atoms with van der Waals surface area (Å²) in [5.41, 5.74) is 4.30. The molecule has 0 saturated carbocycles. The molecule has 2 aromatic carbocycles. The van der Waals surface area contributed by atoms with E-state index in [1.54, 1.807) is 0 Å². The minimum Gasteiger partial charge on any atom is -0.330 e. The number of hydrogen-bond acceptors (Lipinski definition) is 3. The van der Waals surface area contributed by atoms with E-state index in [1.807, 2.05) is 65.1 Å². The molecule has 4 nitrogen and oxygen atoms in total.